The number of amides is 1. The topological polar surface area (TPSA) is 114 Å². The highest BCUT2D eigenvalue weighted by Gasteiger charge is 2.25. The highest BCUT2D eigenvalue weighted by molar-refractivity contribution is 5.99. The normalized spacial score (nSPS) is 13.9. The number of nitriles is 1. The third kappa shape index (κ3) is 4.73. The number of aromatic nitrogens is 2. The summed E-state index contributed by atoms with van der Waals surface area (Å²) in [6, 6.07) is 10.5. The smallest absolute Gasteiger partial charge is 0.316 e. The zero-order valence-electron chi connectivity index (χ0n) is 18.3. The summed E-state index contributed by atoms with van der Waals surface area (Å²) in [6.07, 6.45) is 2.36. The van der Waals surface area contributed by atoms with Crippen molar-refractivity contribution in [2.24, 2.45) is 5.73 Å². The lowest BCUT2D eigenvalue weighted by atomic mass is 9.98. The lowest BCUT2D eigenvalue weighted by molar-refractivity contribution is 0.0995. The molecule has 0 unspecified atom stereocenters. The third-order valence-corrected chi connectivity index (χ3v) is 5.57. The number of halogens is 2. The van der Waals surface area contributed by atoms with E-state index in [0.717, 1.165) is 17.8 Å². The van der Waals surface area contributed by atoms with Crippen LogP contribution in [0.15, 0.2) is 42.6 Å². The predicted molar refractivity (Wildman–Crippen MR) is 119 cm³/mol. The molecule has 0 radical (unpaired) electrons. The summed E-state index contributed by atoms with van der Waals surface area (Å²) in [5.74, 6) is -2.14. The molecule has 0 bridgehead atoms. The van der Waals surface area contributed by atoms with Crippen LogP contribution in [0.5, 0.6) is 11.8 Å². The van der Waals surface area contributed by atoms with E-state index in [1.807, 2.05) is 0 Å². The quantitative estimate of drug-likeness (QED) is 0.593. The Morgan fingerprint density at radius 3 is 2.59 bits per heavy atom. The van der Waals surface area contributed by atoms with Crippen molar-refractivity contribution in [2.45, 2.75) is 18.9 Å². The fourth-order valence-electron chi connectivity index (χ4n) is 3.91. The van der Waals surface area contributed by atoms with Crippen LogP contribution in [0.1, 0.15) is 28.9 Å². The molecule has 8 nitrogen and oxygen atoms in total. The minimum atomic E-state index is -0.752. The van der Waals surface area contributed by atoms with E-state index in [4.69, 9.17) is 15.2 Å². The number of carbonyl (C=O) groups is 1. The molecule has 174 valence electrons. The number of benzene rings is 2. The largest absolute Gasteiger partial charge is 0.487 e. The van der Waals surface area contributed by atoms with Crippen LogP contribution in [0.3, 0.4) is 0 Å². The minimum Gasteiger partial charge on any atom is -0.487 e. The summed E-state index contributed by atoms with van der Waals surface area (Å²) in [4.78, 5) is 22.4. The number of nitrogens with two attached hydrogens (primary N) is 1. The molecule has 1 aromatic heterocycles. The molecule has 4 rings (SSSR count). The number of piperidine rings is 1. The first-order valence-corrected chi connectivity index (χ1v) is 10.5. The molecule has 10 heteroatoms. The highest BCUT2D eigenvalue weighted by atomic mass is 19.1. The molecule has 0 saturated carbocycles. The summed E-state index contributed by atoms with van der Waals surface area (Å²) in [7, 11) is 1.38. The second kappa shape index (κ2) is 9.70. The molecular weight excluding hydrogens is 444 g/mol. The van der Waals surface area contributed by atoms with Crippen molar-refractivity contribution in [1.82, 2.24) is 9.97 Å². The monoisotopic (exact) mass is 465 g/mol. The minimum absolute atomic E-state index is 0.00141. The lowest BCUT2D eigenvalue weighted by Crippen LogP contribution is -2.38. The maximum Gasteiger partial charge on any atom is 0.316 e. The molecule has 2 N–H and O–H groups in total. The molecule has 0 atom stereocenters. The van der Waals surface area contributed by atoms with Crippen LogP contribution in [-0.2, 0) is 0 Å². The Morgan fingerprint density at radius 1 is 1.18 bits per heavy atom. The first-order valence-electron chi connectivity index (χ1n) is 10.5. The van der Waals surface area contributed by atoms with E-state index in [1.54, 1.807) is 18.2 Å². The standard InChI is InChI=1S/C24H21F2N5O3/c1-33-24-29-13-18(22(30-24)23(28)32)17-10-14(12-27)2-4-20(17)31-8-6-16(7-9-31)34-21-5-3-15(25)11-19(21)26/h2-5,10-11,13,16H,6-9H2,1H3,(H2,28,32). The summed E-state index contributed by atoms with van der Waals surface area (Å²) in [6.45, 7) is 1.13. The van der Waals surface area contributed by atoms with E-state index < -0.39 is 17.5 Å². The molecule has 1 amide bonds. The van der Waals surface area contributed by atoms with Gasteiger partial charge < -0.3 is 20.1 Å². The molecule has 0 spiro atoms. The first kappa shape index (κ1) is 22.9. The second-order valence-corrected chi connectivity index (χ2v) is 7.71. The van der Waals surface area contributed by atoms with Gasteiger partial charge in [-0.1, -0.05) is 0 Å². The average Bonchev–Trinajstić information content (AvgIpc) is 2.85. The van der Waals surface area contributed by atoms with Crippen LogP contribution in [0.25, 0.3) is 11.1 Å². The van der Waals surface area contributed by atoms with Gasteiger partial charge in [-0.25, -0.2) is 13.8 Å². The molecule has 1 fully saturated rings. The van der Waals surface area contributed by atoms with Crippen LogP contribution >= 0.6 is 0 Å². The molecule has 0 aliphatic carbocycles. The molecule has 1 saturated heterocycles. The van der Waals surface area contributed by atoms with E-state index in [9.17, 15) is 18.8 Å². The zero-order chi connectivity index (χ0) is 24.2. The summed E-state index contributed by atoms with van der Waals surface area (Å²) < 4.78 is 37.9. The Bertz CT molecular complexity index is 1270. The molecular formula is C24H21F2N5O3. The van der Waals surface area contributed by atoms with Gasteiger partial charge in [-0.15, -0.1) is 0 Å². The number of primary amides is 1. The van der Waals surface area contributed by atoms with E-state index >= 15 is 0 Å². The van der Waals surface area contributed by atoms with Crippen molar-refractivity contribution >= 4 is 11.6 Å². The van der Waals surface area contributed by atoms with Gasteiger partial charge in [0.05, 0.1) is 18.7 Å². The van der Waals surface area contributed by atoms with Crippen LogP contribution in [-0.4, -0.2) is 42.2 Å². The van der Waals surface area contributed by atoms with Crippen molar-refractivity contribution in [3.63, 3.8) is 0 Å². The van der Waals surface area contributed by atoms with Gasteiger partial charge in [0.1, 0.15) is 17.6 Å². The lowest BCUT2D eigenvalue weighted by Gasteiger charge is -2.35. The average molecular weight is 465 g/mol. The van der Waals surface area contributed by atoms with Gasteiger partial charge in [0, 0.05) is 55.0 Å². The molecule has 2 heterocycles. The van der Waals surface area contributed by atoms with Crippen molar-refractivity contribution in [3.05, 3.63) is 65.5 Å². The Labute approximate surface area is 194 Å². The van der Waals surface area contributed by atoms with Gasteiger partial charge in [-0.2, -0.15) is 10.2 Å². The maximum absolute atomic E-state index is 14.0. The number of carbonyl (C=O) groups excluding carboxylic acids is 1. The zero-order valence-corrected chi connectivity index (χ0v) is 18.3. The third-order valence-electron chi connectivity index (χ3n) is 5.57. The number of methoxy groups -OCH3 is 1. The van der Waals surface area contributed by atoms with Gasteiger partial charge in [0.25, 0.3) is 5.91 Å². The summed E-state index contributed by atoms with van der Waals surface area (Å²) in [5, 5.41) is 9.41. The van der Waals surface area contributed by atoms with Crippen molar-refractivity contribution in [1.29, 1.82) is 5.26 Å². The molecule has 3 aromatic rings. The molecule has 1 aliphatic heterocycles. The highest BCUT2D eigenvalue weighted by Crippen LogP contribution is 2.35. The fraction of sp³-hybridized carbons (Fsp3) is 0.250. The Kier molecular flexibility index (Phi) is 6.54. The van der Waals surface area contributed by atoms with Crippen LogP contribution in [0.2, 0.25) is 0 Å². The molecule has 34 heavy (non-hydrogen) atoms. The van der Waals surface area contributed by atoms with Crippen molar-refractivity contribution in [2.75, 3.05) is 25.1 Å². The summed E-state index contributed by atoms with van der Waals surface area (Å²) >= 11 is 0. The van der Waals surface area contributed by atoms with E-state index in [0.29, 0.717) is 42.6 Å². The molecule has 2 aromatic carbocycles. The van der Waals surface area contributed by atoms with Crippen molar-refractivity contribution < 1.29 is 23.0 Å². The van der Waals surface area contributed by atoms with Gasteiger partial charge in [-0.05, 0) is 30.3 Å². The number of ether oxygens (including phenoxy) is 2. The van der Waals surface area contributed by atoms with Crippen LogP contribution in [0.4, 0.5) is 14.5 Å². The van der Waals surface area contributed by atoms with Gasteiger partial charge >= 0.3 is 6.01 Å². The number of rotatable bonds is 6. The SMILES string of the molecule is COc1ncc(-c2cc(C#N)ccc2N2CCC(Oc3ccc(F)cc3F)CC2)c(C(N)=O)n1. The Morgan fingerprint density at radius 2 is 1.94 bits per heavy atom. The van der Waals surface area contributed by atoms with E-state index in [2.05, 4.69) is 20.9 Å². The van der Waals surface area contributed by atoms with Gasteiger partial charge in [-0.3, -0.25) is 4.79 Å². The first-order chi connectivity index (χ1) is 16.4. The fourth-order valence-corrected chi connectivity index (χ4v) is 3.91. The number of nitrogens with zero attached hydrogens (tertiary/aromatic N) is 4. The second-order valence-electron chi connectivity index (χ2n) is 7.71. The number of anilines is 1. The van der Waals surface area contributed by atoms with Crippen LogP contribution < -0.4 is 20.1 Å². The number of hydrogen-bond acceptors (Lipinski definition) is 7. The van der Waals surface area contributed by atoms with Gasteiger partial charge in [0.15, 0.2) is 11.6 Å². The Balaban J connectivity index is 1.60. The summed E-state index contributed by atoms with van der Waals surface area (Å²) in [5.41, 5.74) is 7.66. The van der Waals surface area contributed by atoms with Gasteiger partial charge in [0.2, 0.25) is 0 Å². The predicted octanol–water partition coefficient (Wildman–Crippen LogP) is 3.45. The number of hydrogen-bond donors (Lipinski definition) is 1. The van der Waals surface area contributed by atoms with E-state index in [1.165, 1.54) is 19.4 Å². The van der Waals surface area contributed by atoms with Crippen molar-refractivity contribution in [3.8, 4) is 29.0 Å². The molecule has 1 aliphatic rings. The Hall–Kier alpha value is -4.26. The van der Waals surface area contributed by atoms with E-state index in [-0.39, 0.29) is 23.6 Å². The maximum atomic E-state index is 14.0. The van der Waals surface area contributed by atoms with Crippen LogP contribution in [0, 0.1) is 23.0 Å².